The van der Waals surface area contributed by atoms with Gasteiger partial charge in [0.05, 0.1) is 129 Å². The third-order valence-corrected chi connectivity index (χ3v) is 19.1. The quantitative estimate of drug-likeness (QED) is 0.0136. The van der Waals surface area contributed by atoms with E-state index in [-0.39, 0.29) is 26.4 Å². The molecule has 0 unspecified atom stereocenters. The number of ether oxygens (including phenoxy) is 6. The number of aliphatic hydroxyl groups excluding tert-OH is 1. The van der Waals surface area contributed by atoms with Crippen molar-refractivity contribution in [1.82, 2.24) is 4.98 Å². The number of benzene rings is 7. The van der Waals surface area contributed by atoms with Crippen molar-refractivity contribution < 1.29 is 95.5 Å². The zero-order chi connectivity index (χ0) is 89.1. The predicted octanol–water partition coefficient (Wildman–Crippen LogP) is 20.7. The second kappa shape index (κ2) is 62.3. The van der Waals surface area contributed by atoms with Crippen molar-refractivity contribution in [3.8, 4) is 23.4 Å². The summed E-state index contributed by atoms with van der Waals surface area (Å²) >= 11 is 58.8. The van der Waals surface area contributed by atoms with Crippen LogP contribution in [0.15, 0.2) is 109 Å². The maximum absolute atomic E-state index is 11.5. The molecule has 7 aromatic carbocycles. The summed E-state index contributed by atoms with van der Waals surface area (Å²) in [6.45, 7) is 14.1. The predicted molar refractivity (Wildman–Crippen MR) is 500 cm³/mol. The molecule has 8 rings (SSSR count). The van der Waals surface area contributed by atoms with Crippen LogP contribution in [0, 0.1) is 34.1 Å². The van der Waals surface area contributed by atoms with Crippen molar-refractivity contribution in [2.45, 2.75) is 46.2 Å². The molecule has 0 saturated carbocycles. The van der Waals surface area contributed by atoms with Crippen molar-refractivity contribution in [2.75, 3.05) is 91.3 Å². The van der Waals surface area contributed by atoms with Crippen molar-refractivity contribution >= 4 is 319 Å². The van der Waals surface area contributed by atoms with E-state index in [1.54, 1.807) is 96.5 Å². The summed E-state index contributed by atoms with van der Waals surface area (Å²) in [7, 11) is 9.87. The number of anilines is 6. The van der Waals surface area contributed by atoms with Crippen LogP contribution in [0.2, 0.25) is 74.4 Å². The average Bonchev–Trinajstić information content (AvgIpc) is 1.82. The van der Waals surface area contributed by atoms with Gasteiger partial charge in [0.15, 0.2) is 0 Å². The number of hydrogen-bond donors (Lipinski definition) is 9. The van der Waals surface area contributed by atoms with Gasteiger partial charge in [-0.2, -0.15) is 0 Å². The van der Waals surface area contributed by atoms with Gasteiger partial charge in [-0.1, -0.05) is 126 Å². The number of hydrogen-bond acceptors (Lipinski definition) is 21. The molecule has 0 amide bonds. The zero-order valence-corrected chi connectivity index (χ0v) is 82.3. The van der Waals surface area contributed by atoms with Gasteiger partial charge in [0.1, 0.15) is 16.1 Å². The number of esters is 6. The Labute approximate surface area is 771 Å². The van der Waals surface area contributed by atoms with Crippen LogP contribution in [0.3, 0.4) is 0 Å². The molecule has 0 aliphatic rings. The number of nitrogens with two attached hydrogens (primary N) is 6. The Hall–Kier alpha value is -4.94. The van der Waals surface area contributed by atoms with Crippen molar-refractivity contribution in [3.05, 3.63) is 200 Å². The summed E-state index contributed by atoms with van der Waals surface area (Å²) in [4.78, 5) is 89.9. The summed E-state index contributed by atoms with van der Waals surface area (Å²) < 4.78 is 45.1. The first-order valence-electron chi connectivity index (χ1n) is 30.5. The molecule has 1 heterocycles. The van der Waals surface area contributed by atoms with Gasteiger partial charge in [-0.3, -0.25) is 9.18 Å². The molecule has 23 nitrogen and oxygen atoms in total. The maximum atomic E-state index is 11.5. The van der Waals surface area contributed by atoms with Crippen LogP contribution < -0.4 is 34.4 Å². The van der Waals surface area contributed by atoms with Gasteiger partial charge in [-0.15, -0.1) is 17.5 Å². The molecule has 0 atom stereocenters. The van der Waals surface area contributed by atoms with E-state index in [1.165, 1.54) is 98.1 Å². The number of terminal acetylenes is 1. The first kappa shape index (κ1) is 113. The Morgan fingerprint density at radius 1 is 0.491 bits per heavy atom. The van der Waals surface area contributed by atoms with E-state index in [4.69, 9.17) is 134 Å². The molecule has 0 bridgehead atoms. The number of nitrogen functional groups attached to an aromatic ring is 6. The standard InChI is InChI=1S/C13H16ClNO2Si.C10H8ClNO2.3C8H7ClINO2.C8H8ClNO2.C7H6ClNO2.C5H10Si.C2H3ClO.CH3F.CH4O.ClI.Cu.HI/c1-17-13(16)10-7-9(5-6-18(2,3)4)12(15)8-11(10)14;1-14-10(13)7-4-6-2-3-12-9(6)5-8(7)11;2*1-13-8(12)4-2-6(10)7(11)3-5(4)9;1-13-8(12)4-2-3-5(11)7(10)6(4)9;1-12-8(11)6-3-2-5(10)4-7(6)9;8-6-3-4(9)1-2-5(6)7(10)11;1-5-6(2,3)4;1-2(3)4;3*1-2;;/h7-8H,15H2,1-4H3;2-5,12H,1H3;3*2-3H,11H2,1H3;2-4H,10H2,1H3;1-3H,9H2,(H,10,11);1H,2-4H3;1H3;1H3;2H,1H3;;;1H/q;;;;;;;;;;;;+1;/p-1/i;;;;;;;;;1D;;;;. The van der Waals surface area contributed by atoms with E-state index < -0.39 is 65.1 Å². The fraction of sp³-hybridized carbons (Fsp3) is 0.211. The molecular weight excluding hydrogens is 2300 g/mol. The molecule has 41 heteroatoms. The van der Waals surface area contributed by atoms with Gasteiger partial charge in [-0.05, 0) is 191 Å². The number of aliphatic hydroxyl groups is 1. The Morgan fingerprint density at radius 2 is 0.795 bits per heavy atom. The van der Waals surface area contributed by atoms with Crippen LogP contribution in [0.25, 0.3) is 10.9 Å². The third kappa shape index (κ3) is 46.1. The number of nitrogens with one attached hydrogen (secondary N) is 1. The summed E-state index contributed by atoms with van der Waals surface area (Å²) in [6.07, 6.45) is 6.91. The number of halogens is 15. The second-order valence-electron chi connectivity index (χ2n) is 22.0. The van der Waals surface area contributed by atoms with Crippen molar-refractivity contribution in [1.29, 1.82) is 0 Å². The monoisotopic (exact) mass is 2370 g/mol. The minimum atomic E-state index is -1.50. The number of aromatic nitrogens is 1. The Morgan fingerprint density at radius 3 is 1.13 bits per heavy atom. The van der Waals surface area contributed by atoms with Crippen LogP contribution in [0.5, 0.6) is 0 Å². The number of carbonyl (C=O) groups is 8. The summed E-state index contributed by atoms with van der Waals surface area (Å²) in [5.74, 6) is -0.760. The fourth-order valence-corrected chi connectivity index (χ4v) is 10.2. The second-order valence-corrected chi connectivity index (χ2v) is 38.2. The normalized spacial score (nSPS) is 9.47. The summed E-state index contributed by atoms with van der Waals surface area (Å²) in [5.41, 5.74) is 46.0. The molecule has 1 aromatic heterocycles. The SMILES string of the molecule is C#C[Si](C)(C)C.CC(=O)Cl.CO.COC(=O)c1cc(C#C[Si](C)(C)C)c(N)cc1Cl.COC(=O)c1cc(I)c(N)cc1Cl.COC(=O)c1cc(I)c(N)cc1Cl.COC(=O)c1cc2cc[nH]c2cc1Cl.COC(=O)c1ccc(N)c(I)c1Cl.COC(=O)c1ccc(N)cc1Cl.ClI.Nc1ccc(C(=O)O)c(Cl)c1.[2H]CF.[Cu][I]. The molecule has 0 fully saturated rings. The number of carbonyl (C=O) groups excluding carboxylic acids is 7. The molecule has 15 N–H and O–H groups in total. The van der Waals surface area contributed by atoms with Gasteiger partial charge >= 0.3 is 74.9 Å². The van der Waals surface area contributed by atoms with Crippen LogP contribution in [-0.2, 0) is 46.0 Å². The van der Waals surface area contributed by atoms with Crippen molar-refractivity contribution in [3.63, 3.8) is 0 Å². The molecule has 0 spiro atoms. The van der Waals surface area contributed by atoms with Gasteiger partial charge in [0.25, 0.3) is 0 Å². The minimum absolute atomic E-state index is 0.0702. The number of methoxy groups -OCH3 is 6. The summed E-state index contributed by atoms with van der Waals surface area (Å²) in [5, 5.41) is 18.2. The number of aromatic carboxylic acids is 1. The number of H-pyrrole nitrogens is 1. The molecule has 618 valence electrons. The molecule has 0 saturated heterocycles. The number of fused-ring (bicyclic) bond motifs is 1. The van der Waals surface area contributed by atoms with E-state index in [2.05, 4.69) is 123 Å². The van der Waals surface area contributed by atoms with Crippen molar-refractivity contribution in [2.24, 2.45) is 0 Å². The first-order chi connectivity index (χ1) is 52.6. The van der Waals surface area contributed by atoms with E-state index >= 15 is 0 Å². The Balaban J connectivity index is -0.000000388. The van der Waals surface area contributed by atoms with E-state index in [9.17, 15) is 42.7 Å². The van der Waals surface area contributed by atoms with Crippen LogP contribution in [0.1, 0.15) is 86.4 Å². The first-order valence-corrected chi connectivity index (χ1v) is 48.8. The van der Waals surface area contributed by atoms with Gasteiger partial charge < -0.3 is 78.0 Å². The molecule has 0 aliphatic heterocycles. The topological polar surface area (TPSA) is 404 Å². The number of aromatic amines is 1. The zero-order valence-electron chi connectivity index (χ0n) is 62.7. The van der Waals surface area contributed by atoms with Crippen LogP contribution in [0.4, 0.5) is 38.5 Å². The Bertz CT molecular complexity index is 4480. The van der Waals surface area contributed by atoms with Gasteiger partial charge in [0.2, 0.25) is 5.24 Å². The number of carboxylic acids is 1. The molecule has 112 heavy (non-hydrogen) atoms. The average molecular weight is 2380 g/mol. The Kier molecular flexibility index (Phi) is 63.1. The van der Waals surface area contributed by atoms with Gasteiger partial charge in [-0.25, -0.2) is 33.6 Å². The molecule has 0 aliphatic carbocycles. The third-order valence-electron chi connectivity index (χ3n) is 11.7. The van der Waals surface area contributed by atoms with E-state index in [0.717, 1.165) is 25.2 Å². The van der Waals surface area contributed by atoms with E-state index in [1.807, 2.05) is 73.8 Å². The van der Waals surface area contributed by atoms with E-state index in [0.29, 0.717) is 96.2 Å². The molecule has 8 aromatic rings. The van der Waals surface area contributed by atoms with Crippen LogP contribution in [-0.4, -0.2) is 135 Å². The number of rotatable bonds is 7. The number of carboxylic acid groups (broad SMARTS) is 1. The number of alkyl halides is 1. The fourth-order valence-electron chi connectivity index (χ4n) is 6.56. The van der Waals surface area contributed by atoms with Crippen LogP contribution >= 0.6 is 211 Å². The molecule has 0 radical (unpaired) electrons. The summed E-state index contributed by atoms with van der Waals surface area (Å²) in [6, 6.07) is 26.8. The van der Waals surface area contributed by atoms with Gasteiger partial charge in [0, 0.05) is 99.4 Å². The molecular formula is C71H79Cl9CuFI5N7O16Si2.